The summed E-state index contributed by atoms with van der Waals surface area (Å²) < 4.78 is 0. The molecule has 3 unspecified atom stereocenters. The minimum Gasteiger partial charge on any atom is -0.326 e. The molecule has 3 atom stereocenters. The Morgan fingerprint density at radius 3 is 2.79 bits per heavy atom. The van der Waals surface area contributed by atoms with Gasteiger partial charge in [-0.25, -0.2) is 0 Å². The molecule has 2 saturated carbocycles. The van der Waals surface area contributed by atoms with Gasteiger partial charge in [0.25, 0.3) is 0 Å². The van der Waals surface area contributed by atoms with Crippen LogP contribution in [0.2, 0.25) is 0 Å². The Balaban J connectivity index is 1.38. The number of benzene rings is 1. The first-order valence-corrected chi connectivity index (χ1v) is 9.31. The van der Waals surface area contributed by atoms with E-state index in [9.17, 15) is 9.59 Å². The average Bonchev–Trinajstić information content (AvgIpc) is 3.24. The number of rotatable bonds is 4. The van der Waals surface area contributed by atoms with Crippen LogP contribution in [0.3, 0.4) is 0 Å². The van der Waals surface area contributed by atoms with Crippen molar-refractivity contribution < 1.29 is 9.59 Å². The van der Waals surface area contributed by atoms with E-state index >= 15 is 0 Å². The Hall–Kier alpha value is -1.84. The maximum atomic E-state index is 12.4. The summed E-state index contributed by atoms with van der Waals surface area (Å²) in [6.07, 6.45) is 7.51. The van der Waals surface area contributed by atoms with Crippen molar-refractivity contribution >= 4 is 23.2 Å². The fraction of sp³-hybridized carbons (Fsp3) is 0.600. The van der Waals surface area contributed by atoms with Crippen molar-refractivity contribution in [2.75, 3.05) is 16.8 Å². The molecule has 1 aromatic carbocycles. The molecule has 1 aromatic rings. The largest absolute Gasteiger partial charge is 0.326 e. The molecular formula is C20H26N2O2. The van der Waals surface area contributed by atoms with Gasteiger partial charge < -0.3 is 10.2 Å². The van der Waals surface area contributed by atoms with E-state index in [1.54, 1.807) is 0 Å². The summed E-state index contributed by atoms with van der Waals surface area (Å²) in [5.41, 5.74) is 2.86. The second-order valence-electron chi connectivity index (χ2n) is 7.84. The van der Waals surface area contributed by atoms with Crippen molar-refractivity contribution in [2.45, 2.75) is 51.9 Å². The molecule has 4 heteroatoms. The van der Waals surface area contributed by atoms with E-state index in [-0.39, 0.29) is 11.8 Å². The highest BCUT2D eigenvalue weighted by Crippen LogP contribution is 2.49. The first kappa shape index (κ1) is 15.7. The second-order valence-corrected chi connectivity index (χ2v) is 7.84. The standard InChI is InChI=1S/C20H26N2O2/c1-13-9-17(6-7-18(13)22-8-2-3-20(22)24)21-19(23)12-16-11-14-4-5-15(16)10-14/h6-7,9,14-16H,2-5,8,10-12H2,1H3,(H,21,23). The van der Waals surface area contributed by atoms with Crippen LogP contribution in [0.1, 0.15) is 50.5 Å². The summed E-state index contributed by atoms with van der Waals surface area (Å²) in [5, 5.41) is 3.06. The maximum absolute atomic E-state index is 12.4. The lowest BCUT2D eigenvalue weighted by Crippen LogP contribution is -2.24. The number of hydrogen-bond donors (Lipinski definition) is 1. The number of fused-ring (bicyclic) bond motifs is 2. The zero-order valence-electron chi connectivity index (χ0n) is 14.4. The van der Waals surface area contributed by atoms with E-state index < -0.39 is 0 Å². The monoisotopic (exact) mass is 326 g/mol. The molecule has 1 aliphatic heterocycles. The summed E-state index contributed by atoms with van der Waals surface area (Å²) in [4.78, 5) is 26.1. The lowest BCUT2D eigenvalue weighted by Gasteiger charge is -2.21. The van der Waals surface area contributed by atoms with Crippen LogP contribution in [0.4, 0.5) is 11.4 Å². The molecule has 0 spiro atoms. The third kappa shape index (κ3) is 2.94. The normalized spacial score (nSPS) is 28.6. The minimum absolute atomic E-state index is 0.136. The average molecular weight is 326 g/mol. The van der Waals surface area contributed by atoms with Gasteiger partial charge in [0.05, 0.1) is 0 Å². The number of carbonyl (C=O) groups is 2. The Morgan fingerprint density at radius 2 is 2.17 bits per heavy atom. The smallest absolute Gasteiger partial charge is 0.227 e. The van der Waals surface area contributed by atoms with Crippen LogP contribution in [0.5, 0.6) is 0 Å². The SMILES string of the molecule is Cc1cc(NC(=O)CC2CC3CCC2C3)ccc1N1CCCC1=O. The van der Waals surface area contributed by atoms with Gasteiger partial charge >= 0.3 is 0 Å². The van der Waals surface area contributed by atoms with E-state index in [1.807, 2.05) is 30.0 Å². The van der Waals surface area contributed by atoms with Crippen molar-refractivity contribution in [3.63, 3.8) is 0 Å². The molecule has 128 valence electrons. The highest BCUT2D eigenvalue weighted by Gasteiger charge is 2.40. The van der Waals surface area contributed by atoms with Crippen LogP contribution >= 0.6 is 0 Å². The van der Waals surface area contributed by atoms with E-state index in [4.69, 9.17) is 0 Å². The van der Waals surface area contributed by atoms with Crippen LogP contribution in [0.25, 0.3) is 0 Å². The number of carbonyl (C=O) groups excluding carboxylic acids is 2. The van der Waals surface area contributed by atoms with Crippen molar-refractivity contribution in [2.24, 2.45) is 17.8 Å². The number of aryl methyl sites for hydroxylation is 1. The van der Waals surface area contributed by atoms with Crippen molar-refractivity contribution in [3.05, 3.63) is 23.8 Å². The van der Waals surface area contributed by atoms with Crippen molar-refractivity contribution in [3.8, 4) is 0 Å². The highest BCUT2D eigenvalue weighted by molar-refractivity contribution is 5.97. The molecule has 0 radical (unpaired) electrons. The number of nitrogens with one attached hydrogen (secondary N) is 1. The van der Waals surface area contributed by atoms with Crippen molar-refractivity contribution in [1.82, 2.24) is 0 Å². The van der Waals surface area contributed by atoms with Crippen LogP contribution in [0.15, 0.2) is 18.2 Å². The van der Waals surface area contributed by atoms with Gasteiger partial charge in [-0.1, -0.05) is 6.42 Å². The third-order valence-electron chi connectivity index (χ3n) is 6.18. The van der Waals surface area contributed by atoms with E-state index in [1.165, 1.54) is 25.7 Å². The van der Waals surface area contributed by atoms with Crippen LogP contribution in [-0.4, -0.2) is 18.4 Å². The zero-order chi connectivity index (χ0) is 16.7. The van der Waals surface area contributed by atoms with E-state index in [0.717, 1.165) is 41.7 Å². The minimum atomic E-state index is 0.136. The van der Waals surface area contributed by atoms with Gasteiger partial charge in [0.1, 0.15) is 0 Å². The molecule has 2 aliphatic carbocycles. The fourth-order valence-electron chi connectivity index (χ4n) is 5.02. The highest BCUT2D eigenvalue weighted by atomic mass is 16.2. The maximum Gasteiger partial charge on any atom is 0.227 e. The molecule has 4 rings (SSSR count). The zero-order valence-corrected chi connectivity index (χ0v) is 14.4. The molecule has 2 bridgehead atoms. The Labute approximate surface area is 143 Å². The van der Waals surface area contributed by atoms with Crippen LogP contribution in [0, 0.1) is 24.7 Å². The van der Waals surface area contributed by atoms with Gasteiger partial charge in [-0.3, -0.25) is 9.59 Å². The van der Waals surface area contributed by atoms with Crippen molar-refractivity contribution in [1.29, 1.82) is 0 Å². The summed E-state index contributed by atoms with van der Waals surface area (Å²) >= 11 is 0. The fourth-order valence-corrected chi connectivity index (χ4v) is 5.02. The van der Waals surface area contributed by atoms with Crippen LogP contribution < -0.4 is 10.2 Å². The molecule has 4 nitrogen and oxygen atoms in total. The topological polar surface area (TPSA) is 49.4 Å². The molecule has 2 amide bonds. The molecule has 1 heterocycles. The van der Waals surface area contributed by atoms with Gasteiger partial charge in [-0.05, 0) is 74.1 Å². The summed E-state index contributed by atoms with van der Waals surface area (Å²) in [7, 11) is 0. The lowest BCUT2D eigenvalue weighted by atomic mass is 9.86. The molecule has 24 heavy (non-hydrogen) atoms. The lowest BCUT2D eigenvalue weighted by molar-refractivity contribution is -0.118. The van der Waals surface area contributed by atoms with Gasteiger partial charge in [-0.15, -0.1) is 0 Å². The summed E-state index contributed by atoms with van der Waals surface area (Å²) in [6, 6.07) is 5.87. The quantitative estimate of drug-likeness (QED) is 0.912. The van der Waals surface area contributed by atoms with E-state index in [2.05, 4.69) is 5.32 Å². The van der Waals surface area contributed by atoms with Gasteiger partial charge in [0.15, 0.2) is 0 Å². The summed E-state index contributed by atoms with van der Waals surface area (Å²) in [6.45, 7) is 2.81. The molecule has 0 aromatic heterocycles. The van der Waals surface area contributed by atoms with Crippen LogP contribution in [-0.2, 0) is 9.59 Å². The first-order chi connectivity index (χ1) is 11.6. The number of hydrogen-bond acceptors (Lipinski definition) is 2. The predicted octanol–water partition coefficient (Wildman–Crippen LogP) is 3.89. The van der Waals surface area contributed by atoms with Gasteiger partial charge in [0, 0.05) is 30.8 Å². The molecule has 3 fully saturated rings. The number of amides is 2. The first-order valence-electron chi connectivity index (χ1n) is 9.31. The predicted molar refractivity (Wildman–Crippen MR) is 95.0 cm³/mol. The number of nitrogens with zero attached hydrogens (tertiary/aromatic N) is 1. The molecule has 3 aliphatic rings. The second kappa shape index (κ2) is 6.23. The molecule has 1 saturated heterocycles. The Kier molecular flexibility index (Phi) is 4.07. The summed E-state index contributed by atoms with van der Waals surface area (Å²) in [5.74, 6) is 2.59. The molecule has 1 N–H and O–H groups in total. The van der Waals surface area contributed by atoms with Gasteiger partial charge in [-0.2, -0.15) is 0 Å². The Morgan fingerprint density at radius 1 is 1.29 bits per heavy atom. The Bertz CT molecular complexity index is 670. The number of anilines is 2. The molecular weight excluding hydrogens is 300 g/mol. The third-order valence-corrected chi connectivity index (χ3v) is 6.18. The van der Waals surface area contributed by atoms with Gasteiger partial charge in [0.2, 0.25) is 11.8 Å². The van der Waals surface area contributed by atoms with E-state index in [0.29, 0.717) is 18.8 Å².